The maximum Gasteiger partial charge on any atom is 0.335 e. The van der Waals surface area contributed by atoms with Crippen LogP contribution in [0.15, 0.2) is 24.3 Å². The van der Waals surface area contributed by atoms with Crippen LogP contribution in [0.4, 0.5) is 5.69 Å². The van der Waals surface area contributed by atoms with E-state index in [4.69, 9.17) is 5.11 Å². The summed E-state index contributed by atoms with van der Waals surface area (Å²) >= 11 is 0. The molecular formula is C13H15N3O4. The highest BCUT2D eigenvalue weighted by Gasteiger charge is 2.23. The van der Waals surface area contributed by atoms with Gasteiger partial charge < -0.3 is 21.1 Å². The van der Waals surface area contributed by atoms with Crippen molar-refractivity contribution >= 4 is 23.5 Å². The molecule has 1 saturated heterocycles. The number of piperazine rings is 1. The summed E-state index contributed by atoms with van der Waals surface area (Å²) in [7, 11) is 0. The van der Waals surface area contributed by atoms with Crippen LogP contribution in [0.3, 0.4) is 0 Å². The van der Waals surface area contributed by atoms with Crippen molar-refractivity contribution in [3.05, 3.63) is 29.8 Å². The van der Waals surface area contributed by atoms with E-state index in [0.717, 1.165) is 0 Å². The van der Waals surface area contributed by atoms with Crippen molar-refractivity contribution in [2.24, 2.45) is 0 Å². The Labute approximate surface area is 115 Å². The predicted molar refractivity (Wildman–Crippen MR) is 71.4 cm³/mol. The number of anilines is 1. The highest BCUT2D eigenvalue weighted by molar-refractivity contribution is 5.96. The Hall–Kier alpha value is -2.41. The zero-order valence-corrected chi connectivity index (χ0v) is 10.7. The molecule has 0 aliphatic carbocycles. The minimum Gasteiger partial charge on any atom is -0.478 e. The number of nitrogens with one attached hydrogen (secondary N) is 3. The van der Waals surface area contributed by atoms with Gasteiger partial charge in [0.15, 0.2) is 0 Å². The number of hydrogen-bond acceptors (Lipinski definition) is 4. The minimum atomic E-state index is -1.02. The van der Waals surface area contributed by atoms with Crippen LogP contribution in [0.2, 0.25) is 0 Å². The number of carbonyl (C=O) groups is 3. The van der Waals surface area contributed by atoms with E-state index in [1.54, 1.807) is 0 Å². The van der Waals surface area contributed by atoms with Gasteiger partial charge in [-0.25, -0.2) is 4.79 Å². The Kier molecular flexibility index (Phi) is 4.31. The third-order valence-corrected chi connectivity index (χ3v) is 2.94. The largest absolute Gasteiger partial charge is 0.478 e. The first kappa shape index (κ1) is 14.0. The van der Waals surface area contributed by atoms with Crippen molar-refractivity contribution in [3.8, 4) is 0 Å². The van der Waals surface area contributed by atoms with Gasteiger partial charge in [-0.3, -0.25) is 9.59 Å². The molecule has 1 aliphatic rings. The van der Waals surface area contributed by atoms with Crippen LogP contribution < -0.4 is 16.0 Å². The number of aromatic carboxylic acids is 1. The first-order chi connectivity index (χ1) is 9.56. The maximum atomic E-state index is 11.8. The van der Waals surface area contributed by atoms with Gasteiger partial charge in [0, 0.05) is 18.8 Å². The van der Waals surface area contributed by atoms with E-state index in [-0.39, 0.29) is 23.8 Å². The number of carboxylic acids is 1. The van der Waals surface area contributed by atoms with Crippen LogP contribution in [0.1, 0.15) is 16.8 Å². The lowest BCUT2D eigenvalue weighted by Gasteiger charge is -2.22. The van der Waals surface area contributed by atoms with Gasteiger partial charge in [0.25, 0.3) is 0 Å². The average Bonchev–Trinajstić information content (AvgIpc) is 2.42. The SMILES string of the molecule is O=C(C[C@H]1NCCNC1=O)Nc1ccc(C(=O)O)cc1. The molecular weight excluding hydrogens is 262 g/mol. The molecule has 0 radical (unpaired) electrons. The van der Waals surface area contributed by atoms with Crippen LogP contribution in [0.5, 0.6) is 0 Å². The molecule has 1 atom stereocenters. The number of carbonyl (C=O) groups excluding carboxylic acids is 2. The first-order valence-corrected chi connectivity index (χ1v) is 6.20. The van der Waals surface area contributed by atoms with Gasteiger partial charge in [0.05, 0.1) is 18.0 Å². The van der Waals surface area contributed by atoms with Crippen molar-refractivity contribution in [1.29, 1.82) is 0 Å². The van der Waals surface area contributed by atoms with E-state index < -0.39 is 12.0 Å². The van der Waals surface area contributed by atoms with Crippen molar-refractivity contribution in [2.75, 3.05) is 18.4 Å². The van der Waals surface area contributed by atoms with Crippen molar-refractivity contribution < 1.29 is 19.5 Å². The van der Waals surface area contributed by atoms with Crippen molar-refractivity contribution in [2.45, 2.75) is 12.5 Å². The second kappa shape index (κ2) is 6.16. The van der Waals surface area contributed by atoms with Gasteiger partial charge in [0.2, 0.25) is 11.8 Å². The zero-order chi connectivity index (χ0) is 14.5. The fourth-order valence-corrected chi connectivity index (χ4v) is 1.91. The summed E-state index contributed by atoms with van der Waals surface area (Å²) in [6.07, 6.45) is 0.0342. The molecule has 7 nitrogen and oxygen atoms in total. The number of rotatable bonds is 4. The fraction of sp³-hybridized carbons (Fsp3) is 0.308. The molecule has 0 spiro atoms. The van der Waals surface area contributed by atoms with Gasteiger partial charge in [-0.2, -0.15) is 0 Å². The monoisotopic (exact) mass is 277 g/mol. The number of carboxylic acid groups (broad SMARTS) is 1. The third-order valence-electron chi connectivity index (χ3n) is 2.94. The van der Waals surface area contributed by atoms with Gasteiger partial charge in [-0.1, -0.05) is 0 Å². The van der Waals surface area contributed by atoms with Crippen LogP contribution in [0, 0.1) is 0 Å². The Morgan fingerprint density at radius 1 is 1.25 bits per heavy atom. The normalized spacial score (nSPS) is 18.2. The molecule has 0 saturated carbocycles. The van der Waals surface area contributed by atoms with Gasteiger partial charge in [-0.05, 0) is 24.3 Å². The summed E-state index contributed by atoms with van der Waals surface area (Å²) in [6, 6.07) is 5.31. The third kappa shape index (κ3) is 3.55. The number of benzene rings is 1. The summed E-state index contributed by atoms with van der Waals surface area (Å²) < 4.78 is 0. The van der Waals surface area contributed by atoms with Crippen LogP contribution in [-0.4, -0.2) is 42.0 Å². The molecule has 1 aromatic rings. The summed E-state index contributed by atoms with van der Waals surface area (Å²) in [5.74, 6) is -1.51. The van der Waals surface area contributed by atoms with E-state index in [1.165, 1.54) is 24.3 Å². The molecule has 0 aromatic heterocycles. The van der Waals surface area contributed by atoms with E-state index in [0.29, 0.717) is 18.8 Å². The topological polar surface area (TPSA) is 108 Å². The Balaban J connectivity index is 1.90. The van der Waals surface area contributed by atoms with Crippen molar-refractivity contribution in [3.63, 3.8) is 0 Å². The molecule has 0 bridgehead atoms. The van der Waals surface area contributed by atoms with E-state index >= 15 is 0 Å². The van der Waals surface area contributed by atoms with Crippen LogP contribution in [0.25, 0.3) is 0 Å². The molecule has 1 aromatic carbocycles. The lowest BCUT2D eigenvalue weighted by atomic mass is 10.1. The fourth-order valence-electron chi connectivity index (χ4n) is 1.91. The second-order valence-electron chi connectivity index (χ2n) is 4.43. The number of amides is 2. The Bertz CT molecular complexity index is 527. The molecule has 0 unspecified atom stereocenters. The minimum absolute atomic E-state index is 0.0342. The van der Waals surface area contributed by atoms with Crippen molar-refractivity contribution in [1.82, 2.24) is 10.6 Å². The lowest BCUT2D eigenvalue weighted by Crippen LogP contribution is -2.53. The highest BCUT2D eigenvalue weighted by atomic mass is 16.4. The molecule has 4 N–H and O–H groups in total. The Morgan fingerprint density at radius 3 is 2.55 bits per heavy atom. The molecule has 2 amide bonds. The molecule has 1 aliphatic heterocycles. The average molecular weight is 277 g/mol. The molecule has 2 rings (SSSR count). The smallest absolute Gasteiger partial charge is 0.335 e. The van der Waals surface area contributed by atoms with E-state index in [9.17, 15) is 14.4 Å². The van der Waals surface area contributed by atoms with Crippen LogP contribution >= 0.6 is 0 Å². The summed E-state index contributed by atoms with van der Waals surface area (Å²) in [5, 5.41) is 17.0. The van der Waals surface area contributed by atoms with Gasteiger partial charge in [-0.15, -0.1) is 0 Å². The Morgan fingerprint density at radius 2 is 1.95 bits per heavy atom. The molecule has 1 heterocycles. The standard InChI is InChI=1S/C13H15N3O4/c17-11(7-10-12(18)15-6-5-14-10)16-9-3-1-8(2-4-9)13(19)20/h1-4,10,14H,5-7H2,(H,15,18)(H,16,17)(H,19,20)/t10-/m1/s1. The number of hydrogen-bond donors (Lipinski definition) is 4. The molecule has 1 fully saturated rings. The molecule has 7 heteroatoms. The van der Waals surface area contributed by atoms with Gasteiger partial charge in [0.1, 0.15) is 0 Å². The first-order valence-electron chi connectivity index (χ1n) is 6.20. The van der Waals surface area contributed by atoms with E-state index in [1.807, 2.05) is 0 Å². The maximum absolute atomic E-state index is 11.8. The second-order valence-corrected chi connectivity index (χ2v) is 4.43. The quantitative estimate of drug-likeness (QED) is 0.609. The predicted octanol–water partition coefficient (Wildman–Crippen LogP) is -0.199. The molecule has 106 valence electrons. The van der Waals surface area contributed by atoms with Crippen LogP contribution in [-0.2, 0) is 9.59 Å². The summed E-state index contributed by atoms with van der Waals surface area (Å²) in [5.41, 5.74) is 0.646. The summed E-state index contributed by atoms with van der Waals surface area (Å²) in [4.78, 5) is 34.0. The van der Waals surface area contributed by atoms with E-state index in [2.05, 4.69) is 16.0 Å². The van der Waals surface area contributed by atoms with Gasteiger partial charge >= 0.3 is 5.97 Å². The summed E-state index contributed by atoms with van der Waals surface area (Å²) in [6.45, 7) is 1.20. The molecule has 20 heavy (non-hydrogen) atoms. The highest BCUT2D eigenvalue weighted by Crippen LogP contribution is 2.10. The zero-order valence-electron chi connectivity index (χ0n) is 10.7. The lowest BCUT2D eigenvalue weighted by molar-refractivity contribution is -0.127.